The Morgan fingerprint density at radius 2 is 1.27 bits per heavy atom. The smallest absolute Gasteiger partial charge is 0.253 e. The molecule has 0 unspecified atom stereocenters. The predicted molar refractivity (Wildman–Crippen MR) is 171 cm³/mol. The first-order chi connectivity index (χ1) is 20.2. The molecule has 11 heteroatoms. The summed E-state index contributed by atoms with van der Waals surface area (Å²) < 4.78 is 5.80. The van der Waals surface area contributed by atoms with Gasteiger partial charge in [0.2, 0.25) is 5.91 Å². The minimum atomic E-state index is -0.477. The first kappa shape index (κ1) is 40.8. The molecule has 2 rings (SSSR count). The quantitative estimate of drug-likeness (QED) is 0.197. The Kier molecular flexibility index (Phi) is 16.7. The molecule has 0 saturated heterocycles. The van der Waals surface area contributed by atoms with Crippen molar-refractivity contribution in [2.75, 3.05) is 26.7 Å². The molecule has 0 atom stereocenters. The molecule has 0 fully saturated rings. The van der Waals surface area contributed by atoms with Gasteiger partial charge in [0.1, 0.15) is 6.29 Å². The standard InChI is InChI=1S/C18H28N2O5.C13H22N2O2.C2H6/c1-17(2,10-13-25-18(3,4)9-5-12-21)19-14(22)8-11-20-15(23)6-7-16(20)24;1-12(2,8-13(3,4)14-5)9-15-10(16)6-7-11(15)17;1-2/h6-7,12H,5,8-11,13H2,1-4H3,(H,19,22);6-7,14H,8-9H2,1-5H3;1-2H3. The van der Waals surface area contributed by atoms with Crippen molar-refractivity contribution in [2.45, 2.75) is 118 Å². The van der Waals surface area contributed by atoms with E-state index in [0.29, 0.717) is 32.4 Å². The van der Waals surface area contributed by atoms with Gasteiger partial charge in [-0.05, 0) is 73.3 Å². The van der Waals surface area contributed by atoms with Crippen molar-refractivity contribution in [1.29, 1.82) is 0 Å². The number of nitrogens with zero attached hydrogens (tertiary/aromatic N) is 2. The summed E-state index contributed by atoms with van der Waals surface area (Å²) in [5.41, 5.74) is -0.980. The zero-order valence-corrected chi connectivity index (χ0v) is 28.8. The van der Waals surface area contributed by atoms with Crippen LogP contribution in [0.2, 0.25) is 0 Å². The summed E-state index contributed by atoms with van der Waals surface area (Å²) in [5.74, 6) is -1.40. The maximum Gasteiger partial charge on any atom is 0.253 e. The van der Waals surface area contributed by atoms with E-state index in [-0.39, 0.29) is 59.1 Å². The number of rotatable bonds is 16. The SMILES string of the molecule is CC.CC(C)(CCOC(C)(C)CCC=O)NC(=O)CCN1C(=O)C=CC1=O.CNC(C)(C)CC(C)(C)CN1C(=O)C=CC1=O. The van der Waals surface area contributed by atoms with Gasteiger partial charge in [0, 0.05) is 67.9 Å². The van der Waals surface area contributed by atoms with Crippen LogP contribution in [0, 0.1) is 5.41 Å². The van der Waals surface area contributed by atoms with Crippen LogP contribution >= 0.6 is 0 Å². The van der Waals surface area contributed by atoms with E-state index in [1.54, 1.807) is 0 Å². The molecule has 0 aliphatic carbocycles. The number of aldehydes is 1. The molecule has 11 nitrogen and oxygen atoms in total. The predicted octanol–water partition coefficient (Wildman–Crippen LogP) is 3.71. The van der Waals surface area contributed by atoms with Crippen LogP contribution in [0.5, 0.6) is 0 Å². The molecular weight excluding hydrogens is 564 g/mol. The molecule has 2 heterocycles. The van der Waals surface area contributed by atoms with Gasteiger partial charge in [0.15, 0.2) is 0 Å². The second kappa shape index (κ2) is 17.9. The van der Waals surface area contributed by atoms with Gasteiger partial charge in [0.05, 0.1) is 5.60 Å². The molecule has 44 heavy (non-hydrogen) atoms. The number of ether oxygens (including phenoxy) is 1. The highest BCUT2D eigenvalue weighted by molar-refractivity contribution is 6.13. The van der Waals surface area contributed by atoms with Crippen molar-refractivity contribution in [2.24, 2.45) is 5.41 Å². The first-order valence-corrected chi connectivity index (χ1v) is 15.4. The Morgan fingerprint density at radius 1 is 0.795 bits per heavy atom. The summed E-state index contributed by atoms with van der Waals surface area (Å²) >= 11 is 0. The zero-order valence-electron chi connectivity index (χ0n) is 28.8. The molecule has 0 saturated carbocycles. The van der Waals surface area contributed by atoms with Gasteiger partial charge in [-0.1, -0.05) is 27.7 Å². The molecule has 2 aliphatic rings. The van der Waals surface area contributed by atoms with E-state index in [2.05, 4.69) is 38.3 Å². The van der Waals surface area contributed by atoms with E-state index < -0.39 is 5.54 Å². The van der Waals surface area contributed by atoms with E-state index in [9.17, 15) is 28.8 Å². The Balaban J connectivity index is 0.000000847. The van der Waals surface area contributed by atoms with Gasteiger partial charge < -0.3 is 20.2 Å². The molecule has 0 bridgehead atoms. The lowest BCUT2D eigenvalue weighted by atomic mass is 9.79. The number of amides is 5. The van der Waals surface area contributed by atoms with Gasteiger partial charge in [0.25, 0.3) is 23.6 Å². The summed E-state index contributed by atoms with van der Waals surface area (Å²) in [6, 6.07) is 0. The van der Waals surface area contributed by atoms with E-state index in [0.717, 1.165) is 17.6 Å². The van der Waals surface area contributed by atoms with E-state index in [1.165, 1.54) is 29.2 Å². The van der Waals surface area contributed by atoms with Crippen LogP contribution in [-0.4, -0.2) is 89.0 Å². The fourth-order valence-electron chi connectivity index (χ4n) is 4.78. The molecule has 5 amide bonds. The van der Waals surface area contributed by atoms with Crippen LogP contribution in [-0.2, 0) is 33.5 Å². The number of hydrogen-bond donors (Lipinski definition) is 2. The molecule has 0 aromatic rings. The minimum Gasteiger partial charge on any atom is -0.375 e. The van der Waals surface area contributed by atoms with E-state index in [4.69, 9.17) is 4.74 Å². The highest BCUT2D eigenvalue weighted by Crippen LogP contribution is 2.29. The Morgan fingerprint density at radius 3 is 1.73 bits per heavy atom. The van der Waals surface area contributed by atoms with Crippen molar-refractivity contribution in [3.63, 3.8) is 0 Å². The Hall–Kier alpha value is -3.18. The summed E-state index contributed by atoms with van der Waals surface area (Å²) in [6.07, 6.45) is 8.60. The van der Waals surface area contributed by atoms with Gasteiger partial charge in [-0.3, -0.25) is 33.8 Å². The Labute approximate surface area is 264 Å². The van der Waals surface area contributed by atoms with E-state index >= 15 is 0 Å². The van der Waals surface area contributed by atoms with E-state index in [1.807, 2.05) is 48.6 Å². The van der Waals surface area contributed by atoms with Crippen molar-refractivity contribution in [1.82, 2.24) is 20.4 Å². The maximum atomic E-state index is 12.1. The van der Waals surface area contributed by atoms with Crippen LogP contribution in [0.25, 0.3) is 0 Å². The Bertz CT molecular complexity index is 1040. The summed E-state index contributed by atoms with van der Waals surface area (Å²) in [6.45, 7) is 21.0. The molecular formula is C33H56N4O7. The lowest BCUT2D eigenvalue weighted by molar-refractivity contribution is -0.139. The van der Waals surface area contributed by atoms with Crippen LogP contribution < -0.4 is 10.6 Å². The lowest BCUT2D eigenvalue weighted by Gasteiger charge is -2.36. The van der Waals surface area contributed by atoms with Crippen LogP contribution in [0.3, 0.4) is 0 Å². The highest BCUT2D eigenvalue weighted by Gasteiger charge is 2.34. The number of hydrogen-bond acceptors (Lipinski definition) is 8. The number of carbonyl (C=O) groups excluding carboxylic acids is 6. The third-order valence-corrected chi connectivity index (χ3v) is 7.11. The van der Waals surface area contributed by atoms with Crippen LogP contribution in [0.1, 0.15) is 101 Å². The van der Waals surface area contributed by atoms with Crippen LogP contribution in [0.15, 0.2) is 24.3 Å². The van der Waals surface area contributed by atoms with Gasteiger partial charge >= 0.3 is 0 Å². The molecule has 0 aromatic heterocycles. The molecule has 250 valence electrons. The summed E-state index contributed by atoms with van der Waals surface area (Å²) in [4.78, 5) is 70.8. The normalized spacial score (nSPS) is 15.2. The molecule has 0 aromatic carbocycles. The maximum absolute atomic E-state index is 12.1. The van der Waals surface area contributed by atoms with Gasteiger partial charge in [-0.2, -0.15) is 0 Å². The minimum absolute atomic E-state index is 0.0112. The lowest BCUT2D eigenvalue weighted by Crippen LogP contribution is -2.46. The number of imide groups is 2. The molecule has 0 spiro atoms. The van der Waals surface area contributed by atoms with Crippen LogP contribution in [0.4, 0.5) is 0 Å². The molecule has 2 N–H and O–H groups in total. The largest absolute Gasteiger partial charge is 0.375 e. The number of carbonyl (C=O) groups is 6. The van der Waals surface area contributed by atoms with Gasteiger partial charge in [-0.15, -0.1) is 0 Å². The fourth-order valence-corrected chi connectivity index (χ4v) is 4.78. The monoisotopic (exact) mass is 620 g/mol. The third-order valence-electron chi connectivity index (χ3n) is 7.11. The van der Waals surface area contributed by atoms with Crippen molar-refractivity contribution in [3.8, 4) is 0 Å². The molecule has 2 aliphatic heterocycles. The van der Waals surface area contributed by atoms with Gasteiger partial charge in [-0.25, -0.2) is 0 Å². The fraction of sp³-hybridized carbons (Fsp3) is 0.697. The summed E-state index contributed by atoms with van der Waals surface area (Å²) in [5, 5.41) is 6.14. The zero-order chi connectivity index (χ0) is 34.4. The average molecular weight is 621 g/mol. The number of nitrogens with one attached hydrogen (secondary N) is 2. The topological polar surface area (TPSA) is 142 Å². The second-order valence-electron chi connectivity index (χ2n) is 13.5. The van der Waals surface area contributed by atoms with Crippen molar-refractivity contribution < 1.29 is 33.5 Å². The first-order valence-electron chi connectivity index (χ1n) is 15.4. The summed E-state index contributed by atoms with van der Waals surface area (Å²) in [7, 11) is 1.92. The second-order valence-corrected chi connectivity index (χ2v) is 13.5. The van der Waals surface area contributed by atoms with Crippen molar-refractivity contribution >= 4 is 35.8 Å². The third kappa shape index (κ3) is 15.5. The molecule has 0 radical (unpaired) electrons. The average Bonchev–Trinajstić information content (AvgIpc) is 3.40. The highest BCUT2D eigenvalue weighted by atomic mass is 16.5. The van der Waals surface area contributed by atoms with Crippen molar-refractivity contribution in [3.05, 3.63) is 24.3 Å².